The van der Waals surface area contributed by atoms with Crippen LogP contribution in [0.25, 0.3) is 0 Å². The van der Waals surface area contributed by atoms with Crippen LogP contribution in [0.4, 0.5) is 0 Å². The Labute approximate surface area is 276 Å². The number of hydrogen-bond acceptors (Lipinski definition) is 4. The zero-order valence-corrected chi connectivity index (χ0v) is 30.6. The number of unbranched alkanes of at least 4 members (excludes halogenated alkanes) is 16. The Morgan fingerprint density at radius 3 is 1.05 bits per heavy atom. The van der Waals surface area contributed by atoms with Gasteiger partial charge in [-0.25, -0.2) is 0 Å². The van der Waals surface area contributed by atoms with Crippen LogP contribution in [0.2, 0.25) is 0 Å². The Morgan fingerprint density at radius 2 is 0.682 bits per heavy atom. The van der Waals surface area contributed by atoms with Gasteiger partial charge in [0.25, 0.3) is 0 Å². The zero-order chi connectivity index (χ0) is 32.5. The molecular weight excluding hydrogens is 544 g/mol. The molecule has 0 aromatic heterocycles. The highest BCUT2D eigenvalue weighted by Crippen LogP contribution is 2.20. The maximum atomic E-state index is 12.3. The second-order valence-electron chi connectivity index (χ2n) is 13.9. The van der Waals surface area contributed by atoms with E-state index in [4.69, 9.17) is 9.47 Å². The summed E-state index contributed by atoms with van der Waals surface area (Å²) < 4.78 is 11.6. The van der Waals surface area contributed by atoms with Gasteiger partial charge in [0.15, 0.2) is 0 Å². The molecule has 4 heteroatoms. The van der Waals surface area contributed by atoms with Crippen molar-refractivity contribution in [2.45, 2.75) is 239 Å². The van der Waals surface area contributed by atoms with E-state index < -0.39 is 0 Å². The first kappa shape index (κ1) is 42.9. The summed E-state index contributed by atoms with van der Waals surface area (Å²) in [5, 5.41) is 0. The minimum Gasteiger partial charge on any atom is -0.462 e. The van der Waals surface area contributed by atoms with Crippen molar-refractivity contribution in [3.05, 3.63) is 0 Å². The van der Waals surface area contributed by atoms with Gasteiger partial charge in [0.05, 0.1) is 0 Å². The Balaban J connectivity index is 3.67. The maximum absolute atomic E-state index is 12.3. The van der Waals surface area contributed by atoms with E-state index in [-0.39, 0.29) is 24.1 Å². The molecule has 2 atom stereocenters. The van der Waals surface area contributed by atoms with Crippen molar-refractivity contribution in [2.75, 3.05) is 0 Å². The number of rotatable bonds is 34. The summed E-state index contributed by atoms with van der Waals surface area (Å²) in [5.41, 5.74) is 0. The molecule has 0 aromatic carbocycles. The standard InChI is InChI=1S/C40H78O4/c1-6-10-22-32-37(30-12-8-3)43-39(41)34-26-20-16-14-18-24-28-36(5)29-25-19-15-17-21-27-35-40(42)44-38(31-13-9-4)33-23-11-7-2/h36-38H,6-35H2,1-5H3. The van der Waals surface area contributed by atoms with Crippen LogP contribution in [-0.2, 0) is 19.1 Å². The predicted octanol–water partition coefficient (Wildman–Crippen LogP) is 13.2. The van der Waals surface area contributed by atoms with Crippen LogP contribution >= 0.6 is 0 Å². The summed E-state index contributed by atoms with van der Waals surface area (Å²) in [6.07, 6.45) is 34.9. The first-order chi connectivity index (χ1) is 21.5. The number of esters is 2. The molecule has 0 aliphatic rings. The van der Waals surface area contributed by atoms with Crippen LogP contribution in [0.15, 0.2) is 0 Å². The van der Waals surface area contributed by atoms with Gasteiger partial charge in [-0.1, -0.05) is 163 Å². The highest BCUT2D eigenvalue weighted by Gasteiger charge is 2.15. The third-order valence-corrected chi connectivity index (χ3v) is 9.27. The van der Waals surface area contributed by atoms with Crippen molar-refractivity contribution in [2.24, 2.45) is 5.92 Å². The van der Waals surface area contributed by atoms with E-state index >= 15 is 0 Å². The fourth-order valence-electron chi connectivity index (χ4n) is 6.20. The van der Waals surface area contributed by atoms with E-state index in [1.54, 1.807) is 0 Å². The lowest BCUT2D eigenvalue weighted by Crippen LogP contribution is -2.18. The molecule has 44 heavy (non-hydrogen) atoms. The fraction of sp³-hybridized carbons (Fsp3) is 0.950. The Morgan fingerprint density at radius 1 is 0.386 bits per heavy atom. The van der Waals surface area contributed by atoms with Crippen LogP contribution in [0, 0.1) is 5.92 Å². The maximum Gasteiger partial charge on any atom is 0.306 e. The fourth-order valence-corrected chi connectivity index (χ4v) is 6.20. The Kier molecular flexibility index (Phi) is 32.5. The molecule has 0 aromatic rings. The van der Waals surface area contributed by atoms with Crippen molar-refractivity contribution in [1.82, 2.24) is 0 Å². The molecule has 4 nitrogen and oxygen atoms in total. The molecule has 0 spiro atoms. The molecule has 0 fully saturated rings. The van der Waals surface area contributed by atoms with E-state index in [1.165, 1.54) is 116 Å². The molecule has 0 rings (SSSR count). The highest BCUT2D eigenvalue weighted by molar-refractivity contribution is 5.69. The van der Waals surface area contributed by atoms with Gasteiger partial charge < -0.3 is 9.47 Å². The minimum absolute atomic E-state index is 0.0282. The average Bonchev–Trinajstić information content (AvgIpc) is 3.01. The third-order valence-electron chi connectivity index (χ3n) is 9.27. The van der Waals surface area contributed by atoms with Gasteiger partial charge in [-0.15, -0.1) is 0 Å². The normalized spacial score (nSPS) is 13.5. The molecule has 0 aliphatic heterocycles. The quantitative estimate of drug-likeness (QED) is 0.0529. The minimum atomic E-state index is 0.0282. The van der Waals surface area contributed by atoms with Gasteiger partial charge in [-0.05, 0) is 57.3 Å². The lowest BCUT2D eigenvalue weighted by atomic mass is 9.96. The van der Waals surface area contributed by atoms with Crippen molar-refractivity contribution >= 4 is 11.9 Å². The number of carbonyl (C=O) groups excluding carboxylic acids is 2. The number of carbonyl (C=O) groups is 2. The van der Waals surface area contributed by atoms with Gasteiger partial charge in [-0.3, -0.25) is 9.59 Å². The molecule has 0 amide bonds. The molecule has 2 unspecified atom stereocenters. The lowest BCUT2D eigenvalue weighted by molar-refractivity contribution is -0.151. The van der Waals surface area contributed by atoms with Crippen molar-refractivity contribution in [1.29, 1.82) is 0 Å². The molecule has 0 heterocycles. The van der Waals surface area contributed by atoms with E-state index in [1.807, 2.05) is 0 Å². The summed E-state index contributed by atoms with van der Waals surface area (Å²) in [5.74, 6) is 0.886. The highest BCUT2D eigenvalue weighted by atomic mass is 16.5. The molecule has 0 N–H and O–H groups in total. The largest absolute Gasteiger partial charge is 0.462 e. The molecule has 0 aliphatic carbocycles. The zero-order valence-electron chi connectivity index (χ0n) is 30.6. The first-order valence-electron chi connectivity index (χ1n) is 19.9. The second-order valence-corrected chi connectivity index (χ2v) is 13.9. The van der Waals surface area contributed by atoms with Gasteiger partial charge in [0, 0.05) is 12.8 Å². The number of ether oxygens (including phenoxy) is 2. The van der Waals surface area contributed by atoms with Crippen LogP contribution < -0.4 is 0 Å². The molecule has 0 saturated heterocycles. The summed E-state index contributed by atoms with van der Waals surface area (Å²) in [7, 11) is 0. The monoisotopic (exact) mass is 623 g/mol. The van der Waals surface area contributed by atoms with Crippen molar-refractivity contribution < 1.29 is 19.1 Å². The van der Waals surface area contributed by atoms with E-state index in [2.05, 4.69) is 34.6 Å². The second kappa shape index (κ2) is 33.3. The van der Waals surface area contributed by atoms with Crippen LogP contribution in [0.5, 0.6) is 0 Å². The molecule has 262 valence electrons. The molecule has 0 saturated carbocycles. The van der Waals surface area contributed by atoms with E-state index in [0.717, 1.165) is 70.1 Å². The number of hydrogen-bond donors (Lipinski definition) is 0. The molecular formula is C40H78O4. The Hall–Kier alpha value is -1.06. The van der Waals surface area contributed by atoms with Gasteiger partial charge >= 0.3 is 11.9 Å². The van der Waals surface area contributed by atoms with Crippen LogP contribution in [0.1, 0.15) is 227 Å². The first-order valence-corrected chi connectivity index (χ1v) is 19.9. The smallest absolute Gasteiger partial charge is 0.306 e. The predicted molar refractivity (Wildman–Crippen MR) is 190 cm³/mol. The van der Waals surface area contributed by atoms with E-state index in [0.29, 0.717) is 12.8 Å². The molecule has 0 bridgehead atoms. The Bertz CT molecular complexity index is 566. The average molecular weight is 623 g/mol. The van der Waals surface area contributed by atoms with Gasteiger partial charge in [-0.2, -0.15) is 0 Å². The van der Waals surface area contributed by atoms with Gasteiger partial charge in [0.1, 0.15) is 12.2 Å². The lowest BCUT2D eigenvalue weighted by Gasteiger charge is -2.17. The SMILES string of the molecule is CCCCCC(CCCC)OC(=O)CCCCCCCCC(C)CCCCCCCCC(=O)OC(CCCC)CCCCC. The topological polar surface area (TPSA) is 52.6 Å². The van der Waals surface area contributed by atoms with E-state index in [9.17, 15) is 9.59 Å². The summed E-state index contributed by atoms with van der Waals surface area (Å²) in [4.78, 5) is 24.6. The molecule has 0 radical (unpaired) electrons. The third kappa shape index (κ3) is 29.6. The van der Waals surface area contributed by atoms with Crippen LogP contribution in [0.3, 0.4) is 0 Å². The van der Waals surface area contributed by atoms with Crippen molar-refractivity contribution in [3.63, 3.8) is 0 Å². The van der Waals surface area contributed by atoms with Gasteiger partial charge in [0.2, 0.25) is 0 Å². The summed E-state index contributed by atoms with van der Waals surface area (Å²) in [6.45, 7) is 11.3. The summed E-state index contributed by atoms with van der Waals surface area (Å²) >= 11 is 0. The summed E-state index contributed by atoms with van der Waals surface area (Å²) in [6, 6.07) is 0. The van der Waals surface area contributed by atoms with Crippen LogP contribution in [-0.4, -0.2) is 24.1 Å². The van der Waals surface area contributed by atoms with Crippen molar-refractivity contribution in [3.8, 4) is 0 Å².